The molecule has 0 N–H and O–H groups in total. The van der Waals surface area contributed by atoms with Crippen LogP contribution in [0.1, 0.15) is 35.3 Å². The van der Waals surface area contributed by atoms with Crippen LogP contribution in [0.3, 0.4) is 0 Å². The van der Waals surface area contributed by atoms with E-state index in [1.165, 1.54) is 6.07 Å². The monoisotopic (exact) mass is 253 g/mol. The normalized spacial score (nSPS) is 11.4. The van der Waals surface area contributed by atoms with Crippen molar-refractivity contribution in [2.24, 2.45) is 0 Å². The van der Waals surface area contributed by atoms with Crippen molar-refractivity contribution >= 4 is 28.1 Å². The van der Waals surface area contributed by atoms with E-state index in [-0.39, 0.29) is 11.3 Å². The van der Waals surface area contributed by atoms with Gasteiger partial charge in [0.05, 0.1) is 10.5 Å². The van der Waals surface area contributed by atoms with Crippen molar-refractivity contribution in [2.75, 3.05) is 0 Å². The molecule has 0 heterocycles. The van der Waals surface area contributed by atoms with Gasteiger partial charge in [-0.25, -0.2) is 0 Å². The SMILES string of the molecule is CC=C(C)c1cc(C)c(C(=O)Cl)cc1[N+](=O)[O-]. The number of nitro benzene ring substituents is 1. The van der Waals surface area contributed by atoms with E-state index in [2.05, 4.69) is 0 Å². The third-order valence-corrected chi connectivity index (χ3v) is 2.81. The molecular weight excluding hydrogens is 242 g/mol. The van der Waals surface area contributed by atoms with E-state index >= 15 is 0 Å². The van der Waals surface area contributed by atoms with E-state index in [1.54, 1.807) is 32.9 Å². The molecule has 0 fully saturated rings. The lowest BCUT2D eigenvalue weighted by atomic mass is 9.99. The molecule has 90 valence electrons. The second kappa shape index (κ2) is 5.10. The zero-order valence-corrected chi connectivity index (χ0v) is 10.5. The molecule has 0 aliphatic heterocycles. The Hall–Kier alpha value is -1.68. The molecular formula is C12H12ClNO3. The van der Waals surface area contributed by atoms with E-state index in [9.17, 15) is 14.9 Å². The molecule has 1 aromatic rings. The topological polar surface area (TPSA) is 60.2 Å². The smallest absolute Gasteiger partial charge is 0.276 e. The van der Waals surface area contributed by atoms with Crippen LogP contribution in [-0.4, -0.2) is 10.2 Å². The summed E-state index contributed by atoms with van der Waals surface area (Å²) in [5, 5.41) is 10.3. The first-order valence-electron chi connectivity index (χ1n) is 5.00. The Labute approximate surface area is 104 Å². The van der Waals surface area contributed by atoms with Crippen LogP contribution in [0.25, 0.3) is 5.57 Å². The number of hydrogen-bond donors (Lipinski definition) is 0. The van der Waals surface area contributed by atoms with Gasteiger partial charge in [0.25, 0.3) is 10.9 Å². The minimum absolute atomic E-state index is 0.102. The van der Waals surface area contributed by atoms with Crippen molar-refractivity contribution < 1.29 is 9.72 Å². The number of rotatable bonds is 3. The fourth-order valence-corrected chi connectivity index (χ4v) is 1.73. The molecule has 17 heavy (non-hydrogen) atoms. The summed E-state index contributed by atoms with van der Waals surface area (Å²) in [4.78, 5) is 21.6. The highest BCUT2D eigenvalue weighted by molar-refractivity contribution is 6.68. The molecule has 0 aliphatic carbocycles. The minimum Gasteiger partial charge on any atom is -0.276 e. The number of nitro groups is 1. The molecule has 1 rings (SSSR count). The summed E-state index contributed by atoms with van der Waals surface area (Å²) < 4.78 is 0. The quantitative estimate of drug-likeness (QED) is 0.469. The van der Waals surface area contributed by atoms with Gasteiger partial charge in [0.2, 0.25) is 0 Å². The Morgan fingerprint density at radius 1 is 1.41 bits per heavy atom. The molecule has 0 atom stereocenters. The molecule has 0 aromatic heterocycles. The van der Waals surface area contributed by atoms with E-state index in [4.69, 9.17) is 11.6 Å². The second-order valence-corrected chi connectivity index (χ2v) is 4.03. The van der Waals surface area contributed by atoms with Crippen LogP contribution in [0.5, 0.6) is 0 Å². The fourth-order valence-electron chi connectivity index (χ4n) is 1.53. The average Bonchev–Trinajstić information content (AvgIpc) is 2.26. The molecule has 0 amide bonds. The first kappa shape index (κ1) is 13.4. The Kier molecular flexibility index (Phi) is 4.02. The van der Waals surface area contributed by atoms with Crippen LogP contribution in [0.2, 0.25) is 0 Å². The van der Waals surface area contributed by atoms with Gasteiger partial charge in [-0.05, 0) is 49.6 Å². The van der Waals surface area contributed by atoms with Gasteiger partial charge in [-0.2, -0.15) is 0 Å². The van der Waals surface area contributed by atoms with Crippen molar-refractivity contribution in [1.82, 2.24) is 0 Å². The maximum atomic E-state index is 11.1. The molecule has 0 aliphatic rings. The predicted molar refractivity (Wildman–Crippen MR) is 67.3 cm³/mol. The third-order valence-electron chi connectivity index (χ3n) is 2.61. The zero-order chi connectivity index (χ0) is 13.2. The van der Waals surface area contributed by atoms with Gasteiger partial charge in [-0.3, -0.25) is 14.9 Å². The minimum atomic E-state index is -0.685. The van der Waals surface area contributed by atoms with E-state index in [0.29, 0.717) is 11.1 Å². The summed E-state index contributed by atoms with van der Waals surface area (Å²) in [5.41, 5.74) is 2.00. The van der Waals surface area contributed by atoms with Gasteiger partial charge in [-0.15, -0.1) is 0 Å². The van der Waals surface area contributed by atoms with Crippen LogP contribution in [-0.2, 0) is 0 Å². The second-order valence-electron chi connectivity index (χ2n) is 3.69. The number of nitrogens with zero attached hydrogens (tertiary/aromatic N) is 1. The maximum absolute atomic E-state index is 11.1. The lowest BCUT2D eigenvalue weighted by Crippen LogP contribution is -2.00. The van der Waals surface area contributed by atoms with Crippen molar-refractivity contribution in [1.29, 1.82) is 0 Å². The molecule has 5 heteroatoms. The molecule has 0 spiro atoms. The lowest BCUT2D eigenvalue weighted by molar-refractivity contribution is -0.385. The van der Waals surface area contributed by atoms with Gasteiger partial charge in [0.1, 0.15) is 0 Å². The first-order valence-corrected chi connectivity index (χ1v) is 5.38. The van der Waals surface area contributed by atoms with Crippen LogP contribution >= 0.6 is 11.6 Å². The summed E-state index contributed by atoms with van der Waals surface area (Å²) >= 11 is 5.37. The van der Waals surface area contributed by atoms with E-state index in [0.717, 1.165) is 5.57 Å². The van der Waals surface area contributed by atoms with Crippen LogP contribution < -0.4 is 0 Å². The highest BCUT2D eigenvalue weighted by Gasteiger charge is 2.19. The fraction of sp³-hybridized carbons (Fsp3) is 0.250. The van der Waals surface area contributed by atoms with Crippen molar-refractivity contribution in [3.63, 3.8) is 0 Å². The van der Waals surface area contributed by atoms with Crippen molar-refractivity contribution in [3.8, 4) is 0 Å². The van der Waals surface area contributed by atoms with E-state index < -0.39 is 10.2 Å². The Morgan fingerprint density at radius 3 is 2.41 bits per heavy atom. The number of carbonyl (C=O) groups is 1. The van der Waals surface area contributed by atoms with Gasteiger partial charge in [0.15, 0.2) is 0 Å². The van der Waals surface area contributed by atoms with Gasteiger partial charge < -0.3 is 0 Å². The number of hydrogen-bond acceptors (Lipinski definition) is 3. The van der Waals surface area contributed by atoms with Crippen molar-refractivity contribution in [3.05, 3.63) is 45.0 Å². The first-order chi connectivity index (χ1) is 7.88. The number of halogens is 1. The van der Waals surface area contributed by atoms with Crippen LogP contribution in [0.15, 0.2) is 18.2 Å². The number of aryl methyl sites for hydroxylation is 1. The highest BCUT2D eigenvalue weighted by atomic mass is 35.5. The van der Waals surface area contributed by atoms with Gasteiger partial charge in [-0.1, -0.05) is 6.08 Å². The molecule has 0 unspecified atom stereocenters. The molecule has 0 radical (unpaired) electrons. The Morgan fingerprint density at radius 2 is 2.00 bits per heavy atom. The van der Waals surface area contributed by atoms with Crippen LogP contribution in [0.4, 0.5) is 5.69 Å². The molecule has 1 aromatic carbocycles. The number of carbonyl (C=O) groups excluding carboxylic acids is 1. The zero-order valence-electron chi connectivity index (χ0n) is 9.78. The van der Waals surface area contributed by atoms with Crippen LogP contribution in [0, 0.1) is 17.0 Å². The molecule has 0 saturated heterocycles. The molecule has 4 nitrogen and oxygen atoms in total. The molecule has 0 bridgehead atoms. The number of benzene rings is 1. The van der Waals surface area contributed by atoms with Crippen molar-refractivity contribution in [2.45, 2.75) is 20.8 Å². The van der Waals surface area contributed by atoms with Gasteiger partial charge in [0, 0.05) is 11.6 Å². The lowest BCUT2D eigenvalue weighted by Gasteiger charge is -2.07. The predicted octanol–water partition coefficient (Wildman–Crippen LogP) is 3.71. The Balaban J connectivity index is 3.58. The Bertz CT molecular complexity index is 521. The van der Waals surface area contributed by atoms with Gasteiger partial charge >= 0.3 is 0 Å². The highest BCUT2D eigenvalue weighted by Crippen LogP contribution is 2.29. The molecule has 0 saturated carbocycles. The summed E-state index contributed by atoms with van der Waals surface area (Å²) in [6.45, 7) is 5.28. The average molecular weight is 254 g/mol. The van der Waals surface area contributed by atoms with E-state index in [1.807, 2.05) is 0 Å². The summed E-state index contributed by atoms with van der Waals surface area (Å²) in [7, 11) is 0. The largest absolute Gasteiger partial charge is 0.277 e. The standard InChI is InChI=1S/C12H12ClNO3/c1-4-7(2)9-5-8(3)10(12(13)15)6-11(9)14(16)17/h4-6H,1-3H3. The third kappa shape index (κ3) is 2.71. The summed E-state index contributed by atoms with van der Waals surface area (Å²) in [6, 6.07) is 2.84. The summed E-state index contributed by atoms with van der Waals surface area (Å²) in [6.07, 6.45) is 1.78. The summed E-state index contributed by atoms with van der Waals surface area (Å²) in [5.74, 6) is 0. The number of allylic oxidation sites excluding steroid dienone is 2. The maximum Gasteiger partial charge on any atom is 0.277 e.